The van der Waals surface area contributed by atoms with Gasteiger partial charge in [-0.1, -0.05) is 12.1 Å². The molecule has 1 aliphatic carbocycles. The van der Waals surface area contributed by atoms with Gasteiger partial charge < -0.3 is 16.2 Å². The van der Waals surface area contributed by atoms with Crippen molar-refractivity contribution in [1.82, 2.24) is 5.32 Å². The summed E-state index contributed by atoms with van der Waals surface area (Å²) < 4.78 is 31.1. The van der Waals surface area contributed by atoms with Gasteiger partial charge in [0.2, 0.25) is 5.91 Å². The highest BCUT2D eigenvalue weighted by molar-refractivity contribution is 7.86. The fraction of sp³-hybridized carbons (Fsp3) is 0.500. The summed E-state index contributed by atoms with van der Waals surface area (Å²) in [6.45, 7) is 0. The molecule has 7 nitrogen and oxygen atoms in total. The predicted octanol–water partition coefficient (Wildman–Crippen LogP) is 0.187. The van der Waals surface area contributed by atoms with E-state index >= 15 is 0 Å². The molecule has 5 N–H and O–H groups in total. The van der Waals surface area contributed by atoms with Crippen molar-refractivity contribution in [3.05, 3.63) is 29.8 Å². The van der Waals surface area contributed by atoms with Crippen LogP contribution < -0.4 is 11.1 Å². The molecule has 0 aromatic heterocycles. The predicted molar refractivity (Wildman–Crippen MR) is 80.9 cm³/mol. The molecule has 0 aliphatic heterocycles. The molecule has 1 aromatic rings. The number of hydrogen-bond donors (Lipinski definition) is 4. The standard InChI is InChI=1S/C14H20N2O5S/c15-13(7-9-1-4-11(17)5-2-9)14(18)16-10-3-6-12(8-10)22(19,20)21/h1-2,4-5,10,12-13,17H,3,6-8,15H2,(H,16,18)(H,19,20,21)/t10?,12?,13-/m0/s1. The van der Waals surface area contributed by atoms with Gasteiger partial charge in [0.1, 0.15) is 5.75 Å². The molecule has 0 radical (unpaired) electrons. The molecule has 122 valence electrons. The molecule has 2 unspecified atom stereocenters. The second-order valence-electron chi connectivity index (χ2n) is 5.63. The Morgan fingerprint density at radius 3 is 2.50 bits per heavy atom. The maximum absolute atomic E-state index is 12.0. The lowest BCUT2D eigenvalue weighted by molar-refractivity contribution is -0.123. The Kier molecular flexibility index (Phi) is 5.05. The zero-order valence-electron chi connectivity index (χ0n) is 12.0. The smallest absolute Gasteiger partial charge is 0.267 e. The van der Waals surface area contributed by atoms with Crippen molar-refractivity contribution < 1.29 is 22.9 Å². The van der Waals surface area contributed by atoms with Crippen molar-refractivity contribution >= 4 is 16.0 Å². The number of aromatic hydroxyl groups is 1. The fourth-order valence-electron chi connectivity index (χ4n) is 2.63. The Balaban J connectivity index is 1.86. The summed E-state index contributed by atoms with van der Waals surface area (Å²) in [5.74, 6) is -0.210. The number of carbonyl (C=O) groups is 1. The van der Waals surface area contributed by atoms with E-state index in [0.717, 1.165) is 5.56 Å². The van der Waals surface area contributed by atoms with Crippen LogP contribution >= 0.6 is 0 Å². The molecule has 1 aromatic carbocycles. The minimum absolute atomic E-state index is 0.143. The van der Waals surface area contributed by atoms with Gasteiger partial charge in [-0.3, -0.25) is 9.35 Å². The van der Waals surface area contributed by atoms with E-state index in [0.29, 0.717) is 19.3 Å². The quantitative estimate of drug-likeness (QED) is 0.571. The van der Waals surface area contributed by atoms with E-state index in [1.807, 2.05) is 0 Å². The maximum atomic E-state index is 12.0. The third-order valence-electron chi connectivity index (χ3n) is 3.88. The number of carbonyl (C=O) groups excluding carboxylic acids is 1. The molecule has 1 amide bonds. The van der Waals surface area contributed by atoms with Gasteiger partial charge in [0.25, 0.3) is 10.1 Å². The van der Waals surface area contributed by atoms with Crippen LogP contribution in [0.5, 0.6) is 5.75 Å². The number of rotatable bonds is 5. The SMILES string of the molecule is N[C@@H](Cc1ccc(O)cc1)C(=O)NC1CCC(S(=O)(=O)O)C1. The Bertz CT molecular complexity index is 629. The number of nitrogens with one attached hydrogen (secondary N) is 1. The number of hydrogen-bond acceptors (Lipinski definition) is 5. The normalized spacial score (nSPS) is 23.2. The maximum Gasteiger partial charge on any atom is 0.267 e. The van der Waals surface area contributed by atoms with Gasteiger partial charge in [-0.2, -0.15) is 8.42 Å². The molecular formula is C14H20N2O5S. The summed E-state index contributed by atoms with van der Waals surface area (Å²) in [5, 5.41) is 11.1. The Morgan fingerprint density at radius 2 is 1.95 bits per heavy atom. The van der Waals surface area contributed by atoms with Crippen LogP contribution in [0.1, 0.15) is 24.8 Å². The highest BCUT2D eigenvalue weighted by Crippen LogP contribution is 2.24. The summed E-state index contributed by atoms with van der Waals surface area (Å²) in [7, 11) is -4.05. The molecule has 0 heterocycles. The van der Waals surface area contributed by atoms with Gasteiger partial charge in [0, 0.05) is 6.04 Å². The topological polar surface area (TPSA) is 130 Å². The molecule has 0 spiro atoms. The zero-order chi connectivity index (χ0) is 16.3. The summed E-state index contributed by atoms with van der Waals surface area (Å²) >= 11 is 0. The number of nitrogens with two attached hydrogens (primary N) is 1. The van der Waals surface area contributed by atoms with Crippen LogP contribution in [0.25, 0.3) is 0 Å². The monoisotopic (exact) mass is 328 g/mol. The molecule has 0 saturated heterocycles. The van der Waals surface area contributed by atoms with E-state index in [-0.39, 0.29) is 24.1 Å². The number of phenols is 1. The van der Waals surface area contributed by atoms with Crippen LogP contribution in [0.3, 0.4) is 0 Å². The lowest BCUT2D eigenvalue weighted by Crippen LogP contribution is -2.46. The molecular weight excluding hydrogens is 308 g/mol. The third-order valence-corrected chi connectivity index (χ3v) is 5.15. The molecule has 8 heteroatoms. The first-order valence-electron chi connectivity index (χ1n) is 7.06. The molecule has 1 fully saturated rings. The zero-order valence-corrected chi connectivity index (χ0v) is 12.8. The summed E-state index contributed by atoms with van der Waals surface area (Å²) in [6, 6.07) is 5.37. The molecule has 3 atom stereocenters. The Morgan fingerprint density at radius 1 is 1.32 bits per heavy atom. The van der Waals surface area contributed by atoms with Crippen molar-refractivity contribution in [2.24, 2.45) is 5.73 Å². The third kappa shape index (κ3) is 4.43. The van der Waals surface area contributed by atoms with E-state index in [4.69, 9.17) is 10.3 Å². The van der Waals surface area contributed by atoms with Gasteiger partial charge in [-0.05, 0) is 43.4 Å². The average Bonchev–Trinajstić information content (AvgIpc) is 2.90. The highest BCUT2D eigenvalue weighted by Gasteiger charge is 2.34. The van der Waals surface area contributed by atoms with E-state index in [2.05, 4.69) is 5.32 Å². The second-order valence-corrected chi connectivity index (χ2v) is 7.33. The lowest BCUT2D eigenvalue weighted by Gasteiger charge is -2.17. The van der Waals surface area contributed by atoms with Crippen molar-refractivity contribution in [2.75, 3.05) is 0 Å². The second kappa shape index (κ2) is 6.64. The van der Waals surface area contributed by atoms with E-state index in [9.17, 15) is 18.3 Å². The van der Waals surface area contributed by atoms with Crippen LogP contribution in [-0.4, -0.2) is 41.3 Å². The molecule has 22 heavy (non-hydrogen) atoms. The van der Waals surface area contributed by atoms with Crippen LogP contribution in [0.4, 0.5) is 0 Å². The van der Waals surface area contributed by atoms with E-state index < -0.39 is 21.4 Å². The van der Waals surface area contributed by atoms with Crippen LogP contribution in [0.2, 0.25) is 0 Å². The lowest BCUT2D eigenvalue weighted by atomic mass is 10.1. The summed E-state index contributed by atoms with van der Waals surface area (Å²) in [5.41, 5.74) is 6.67. The largest absolute Gasteiger partial charge is 0.508 e. The van der Waals surface area contributed by atoms with Crippen molar-refractivity contribution in [2.45, 2.75) is 43.0 Å². The van der Waals surface area contributed by atoms with Crippen molar-refractivity contribution in [3.8, 4) is 5.75 Å². The molecule has 0 bridgehead atoms. The Hall–Kier alpha value is -1.64. The molecule has 1 aliphatic rings. The minimum atomic E-state index is -4.05. The molecule has 2 rings (SSSR count). The van der Waals surface area contributed by atoms with Crippen molar-refractivity contribution in [3.63, 3.8) is 0 Å². The number of phenolic OH excluding ortho intramolecular Hbond substituents is 1. The van der Waals surface area contributed by atoms with Crippen LogP contribution in [0.15, 0.2) is 24.3 Å². The minimum Gasteiger partial charge on any atom is -0.508 e. The number of benzene rings is 1. The highest BCUT2D eigenvalue weighted by atomic mass is 32.2. The van der Waals surface area contributed by atoms with Crippen LogP contribution in [0, 0.1) is 0 Å². The van der Waals surface area contributed by atoms with Gasteiger partial charge >= 0.3 is 0 Å². The van der Waals surface area contributed by atoms with Crippen LogP contribution in [-0.2, 0) is 21.3 Å². The van der Waals surface area contributed by atoms with Gasteiger partial charge in [0.15, 0.2) is 0 Å². The first kappa shape index (κ1) is 16.7. The van der Waals surface area contributed by atoms with E-state index in [1.165, 1.54) is 12.1 Å². The van der Waals surface area contributed by atoms with E-state index in [1.54, 1.807) is 12.1 Å². The van der Waals surface area contributed by atoms with Gasteiger partial charge in [-0.15, -0.1) is 0 Å². The van der Waals surface area contributed by atoms with Crippen molar-refractivity contribution in [1.29, 1.82) is 0 Å². The number of amides is 1. The summed E-state index contributed by atoms with van der Waals surface area (Å²) in [4.78, 5) is 12.0. The Labute approximate surface area is 129 Å². The molecule has 1 saturated carbocycles. The average molecular weight is 328 g/mol. The summed E-state index contributed by atoms with van der Waals surface area (Å²) in [6.07, 6.45) is 1.36. The first-order chi connectivity index (χ1) is 10.3. The first-order valence-corrected chi connectivity index (χ1v) is 8.56. The fourth-order valence-corrected chi connectivity index (χ4v) is 3.54. The van der Waals surface area contributed by atoms with Gasteiger partial charge in [-0.25, -0.2) is 0 Å². The van der Waals surface area contributed by atoms with Gasteiger partial charge in [0.05, 0.1) is 11.3 Å².